The minimum atomic E-state index is -0.0606. The third-order valence-corrected chi connectivity index (χ3v) is 4.85. The molecule has 2 saturated heterocycles. The van der Waals surface area contributed by atoms with E-state index >= 15 is 0 Å². The number of nitrogens with two attached hydrogens (primary N) is 1. The number of hydrogen-bond acceptors (Lipinski definition) is 5. The number of ether oxygens (including phenoxy) is 1. The third-order valence-electron chi connectivity index (χ3n) is 4.85. The summed E-state index contributed by atoms with van der Waals surface area (Å²) < 4.78 is 5.00. The van der Waals surface area contributed by atoms with E-state index in [0.29, 0.717) is 19.2 Å². The van der Waals surface area contributed by atoms with E-state index in [1.807, 2.05) is 0 Å². The standard InChI is InChI=1S/C16H32N4O2/c1-3-7-19-8-4-14(5-9-19)20-12-13(17)11-15(20)16(21)18-6-10-22-2/h13-15H,3-12,17H2,1-2H3,(H,18,21)/t13-,15+/m1/s1. The van der Waals surface area contributed by atoms with Crippen molar-refractivity contribution in [3.05, 3.63) is 0 Å². The van der Waals surface area contributed by atoms with Gasteiger partial charge in [-0.1, -0.05) is 6.92 Å². The molecule has 3 N–H and O–H groups in total. The van der Waals surface area contributed by atoms with Crippen molar-refractivity contribution in [2.75, 3.05) is 46.4 Å². The molecule has 6 nitrogen and oxygen atoms in total. The maximum absolute atomic E-state index is 12.4. The summed E-state index contributed by atoms with van der Waals surface area (Å²) in [6.07, 6.45) is 4.28. The van der Waals surface area contributed by atoms with Gasteiger partial charge in [0.1, 0.15) is 0 Å². The second kappa shape index (κ2) is 8.82. The second-order valence-corrected chi connectivity index (χ2v) is 6.57. The Balaban J connectivity index is 1.86. The maximum Gasteiger partial charge on any atom is 0.237 e. The van der Waals surface area contributed by atoms with E-state index < -0.39 is 0 Å². The number of amides is 1. The summed E-state index contributed by atoms with van der Waals surface area (Å²) in [5.41, 5.74) is 6.13. The highest BCUT2D eigenvalue weighted by Crippen LogP contribution is 2.25. The molecule has 0 radical (unpaired) electrons. The normalized spacial score (nSPS) is 28.1. The zero-order chi connectivity index (χ0) is 15.9. The van der Waals surface area contributed by atoms with Gasteiger partial charge in [-0.2, -0.15) is 0 Å². The number of hydrogen-bond donors (Lipinski definition) is 2. The fourth-order valence-electron chi connectivity index (χ4n) is 3.74. The van der Waals surface area contributed by atoms with Gasteiger partial charge in [0.15, 0.2) is 0 Å². The molecular weight excluding hydrogens is 280 g/mol. The van der Waals surface area contributed by atoms with Crippen LogP contribution in [0.25, 0.3) is 0 Å². The predicted octanol–water partition coefficient (Wildman–Crippen LogP) is 0.0250. The number of methoxy groups -OCH3 is 1. The molecule has 6 heteroatoms. The van der Waals surface area contributed by atoms with Gasteiger partial charge in [-0.05, 0) is 45.3 Å². The van der Waals surface area contributed by atoms with Crippen molar-refractivity contribution >= 4 is 5.91 Å². The number of carbonyl (C=O) groups is 1. The van der Waals surface area contributed by atoms with Crippen LogP contribution in [0.15, 0.2) is 0 Å². The van der Waals surface area contributed by atoms with Crippen molar-refractivity contribution in [2.45, 2.75) is 50.7 Å². The molecule has 2 fully saturated rings. The minimum absolute atomic E-state index is 0.0606. The lowest BCUT2D eigenvalue weighted by molar-refractivity contribution is -0.126. The molecule has 2 aliphatic heterocycles. The van der Waals surface area contributed by atoms with Crippen molar-refractivity contribution in [3.8, 4) is 0 Å². The molecule has 0 spiro atoms. The van der Waals surface area contributed by atoms with Gasteiger partial charge in [0, 0.05) is 32.3 Å². The van der Waals surface area contributed by atoms with Crippen LogP contribution in [0.1, 0.15) is 32.6 Å². The number of rotatable bonds is 7. The summed E-state index contributed by atoms with van der Waals surface area (Å²) in [7, 11) is 1.65. The highest BCUT2D eigenvalue weighted by molar-refractivity contribution is 5.82. The van der Waals surface area contributed by atoms with Crippen LogP contribution in [0, 0.1) is 0 Å². The maximum atomic E-state index is 12.4. The predicted molar refractivity (Wildman–Crippen MR) is 87.7 cm³/mol. The Morgan fingerprint density at radius 2 is 2.09 bits per heavy atom. The molecule has 1 amide bonds. The van der Waals surface area contributed by atoms with E-state index in [4.69, 9.17) is 10.5 Å². The molecule has 22 heavy (non-hydrogen) atoms. The van der Waals surface area contributed by atoms with Gasteiger partial charge in [0.05, 0.1) is 12.6 Å². The van der Waals surface area contributed by atoms with Crippen LogP contribution in [-0.2, 0) is 9.53 Å². The zero-order valence-corrected chi connectivity index (χ0v) is 14.1. The summed E-state index contributed by atoms with van der Waals surface area (Å²) in [6.45, 7) is 7.67. The topological polar surface area (TPSA) is 70.8 Å². The average Bonchev–Trinajstić information content (AvgIpc) is 2.90. The first-order valence-electron chi connectivity index (χ1n) is 8.66. The number of nitrogens with one attached hydrogen (secondary N) is 1. The SMILES string of the molecule is CCCN1CCC(N2C[C@H](N)C[C@H]2C(=O)NCCOC)CC1. The van der Waals surface area contributed by atoms with Gasteiger partial charge >= 0.3 is 0 Å². The average molecular weight is 312 g/mol. The molecule has 2 rings (SSSR count). The Bertz CT molecular complexity index is 345. The number of likely N-dealkylation sites (tertiary alicyclic amines) is 2. The van der Waals surface area contributed by atoms with E-state index in [9.17, 15) is 4.79 Å². The smallest absolute Gasteiger partial charge is 0.237 e. The summed E-state index contributed by atoms with van der Waals surface area (Å²) in [4.78, 5) is 17.3. The molecule has 0 saturated carbocycles. The molecule has 2 atom stereocenters. The van der Waals surface area contributed by atoms with E-state index in [0.717, 1.165) is 38.9 Å². The molecule has 2 aliphatic rings. The van der Waals surface area contributed by atoms with Crippen LogP contribution in [0.3, 0.4) is 0 Å². The molecule has 0 bridgehead atoms. The molecule has 2 heterocycles. The molecule has 0 aromatic rings. The van der Waals surface area contributed by atoms with Crippen molar-refractivity contribution in [3.63, 3.8) is 0 Å². The Morgan fingerprint density at radius 3 is 2.73 bits per heavy atom. The first-order valence-corrected chi connectivity index (χ1v) is 8.66. The van der Waals surface area contributed by atoms with Crippen molar-refractivity contribution < 1.29 is 9.53 Å². The fourth-order valence-corrected chi connectivity index (χ4v) is 3.74. The highest BCUT2D eigenvalue weighted by Gasteiger charge is 2.39. The number of nitrogens with zero attached hydrogens (tertiary/aromatic N) is 2. The second-order valence-electron chi connectivity index (χ2n) is 6.57. The van der Waals surface area contributed by atoms with E-state index in [1.54, 1.807) is 7.11 Å². The van der Waals surface area contributed by atoms with Crippen LogP contribution in [-0.4, -0.2) is 80.3 Å². The Morgan fingerprint density at radius 1 is 1.36 bits per heavy atom. The van der Waals surface area contributed by atoms with Crippen molar-refractivity contribution in [1.82, 2.24) is 15.1 Å². The number of carbonyl (C=O) groups excluding carboxylic acids is 1. The lowest BCUT2D eigenvalue weighted by Gasteiger charge is -2.38. The van der Waals surface area contributed by atoms with Gasteiger partial charge in [-0.25, -0.2) is 0 Å². The van der Waals surface area contributed by atoms with Crippen LogP contribution in [0.2, 0.25) is 0 Å². The summed E-state index contributed by atoms with van der Waals surface area (Å²) in [6, 6.07) is 0.557. The molecule has 0 aliphatic carbocycles. The van der Waals surface area contributed by atoms with Crippen molar-refractivity contribution in [2.24, 2.45) is 5.73 Å². The van der Waals surface area contributed by atoms with Crippen LogP contribution < -0.4 is 11.1 Å². The van der Waals surface area contributed by atoms with Crippen LogP contribution >= 0.6 is 0 Å². The number of piperidine rings is 1. The van der Waals surface area contributed by atoms with Gasteiger partial charge in [-0.3, -0.25) is 9.69 Å². The largest absolute Gasteiger partial charge is 0.383 e. The zero-order valence-electron chi connectivity index (χ0n) is 14.1. The first-order chi connectivity index (χ1) is 10.7. The molecule has 128 valence electrons. The summed E-state index contributed by atoms with van der Waals surface area (Å²) in [5.74, 6) is 0.112. The Kier molecular flexibility index (Phi) is 7.08. The molecule has 0 aromatic heterocycles. The van der Waals surface area contributed by atoms with Gasteiger partial charge in [0.2, 0.25) is 5.91 Å². The lowest BCUT2D eigenvalue weighted by Crippen LogP contribution is -2.51. The molecule has 0 unspecified atom stereocenters. The molecular formula is C16H32N4O2. The summed E-state index contributed by atoms with van der Waals surface area (Å²) in [5, 5.41) is 2.97. The van der Waals surface area contributed by atoms with E-state index in [2.05, 4.69) is 22.0 Å². The van der Waals surface area contributed by atoms with Gasteiger partial charge < -0.3 is 20.7 Å². The monoisotopic (exact) mass is 312 g/mol. The third kappa shape index (κ3) is 4.65. The van der Waals surface area contributed by atoms with Crippen LogP contribution in [0.4, 0.5) is 0 Å². The highest BCUT2D eigenvalue weighted by atomic mass is 16.5. The first kappa shape index (κ1) is 17.7. The minimum Gasteiger partial charge on any atom is -0.383 e. The van der Waals surface area contributed by atoms with Gasteiger partial charge in [0.25, 0.3) is 0 Å². The lowest BCUT2D eigenvalue weighted by atomic mass is 10.0. The molecule has 0 aromatic carbocycles. The quantitative estimate of drug-likeness (QED) is 0.649. The van der Waals surface area contributed by atoms with E-state index in [1.165, 1.54) is 13.0 Å². The Labute approximate surface area is 134 Å². The van der Waals surface area contributed by atoms with E-state index in [-0.39, 0.29) is 18.0 Å². The van der Waals surface area contributed by atoms with Crippen LogP contribution in [0.5, 0.6) is 0 Å². The fraction of sp³-hybridized carbons (Fsp3) is 0.938. The van der Waals surface area contributed by atoms with Gasteiger partial charge in [-0.15, -0.1) is 0 Å². The summed E-state index contributed by atoms with van der Waals surface area (Å²) >= 11 is 0. The Hall–Kier alpha value is -0.690. The van der Waals surface area contributed by atoms with Crippen molar-refractivity contribution in [1.29, 1.82) is 0 Å².